The lowest BCUT2D eigenvalue weighted by Gasteiger charge is -2.41. The Morgan fingerprint density at radius 2 is 1.78 bits per heavy atom. The summed E-state index contributed by atoms with van der Waals surface area (Å²) in [4.78, 5) is 51.4. The average Bonchev–Trinajstić information content (AvgIpc) is 4.06. The number of carbonyl (C=O) groups is 2. The summed E-state index contributed by atoms with van der Waals surface area (Å²) in [5.41, 5.74) is 1.18. The van der Waals surface area contributed by atoms with Gasteiger partial charge in [-0.15, -0.1) is 0 Å². The van der Waals surface area contributed by atoms with Gasteiger partial charge in [0.2, 0.25) is 23.5 Å². The number of nitrogens with zero attached hydrogens (tertiary/aromatic N) is 7. The summed E-state index contributed by atoms with van der Waals surface area (Å²) < 4.78 is 70.6. The van der Waals surface area contributed by atoms with Crippen LogP contribution in [0.1, 0.15) is 75.0 Å². The van der Waals surface area contributed by atoms with Crippen molar-refractivity contribution in [3.8, 4) is 5.75 Å². The third kappa shape index (κ3) is 7.59. The highest BCUT2D eigenvalue weighted by Gasteiger charge is 2.51. The number of carbonyl (C=O) groups excluding carboxylic acids is 2. The summed E-state index contributed by atoms with van der Waals surface area (Å²) in [7, 11) is 3.13. The Labute approximate surface area is 370 Å². The van der Waals surface area contributed by atoms with Crippen molar-refractivity contribution in [3.05, 3.63) is 68.7 Å². The van der Waals surface area contributed by atoms with E-state index in [9.17, 15) is 14.4 Å². The van der Waals surface area contributed by atoms with E-state index in [2.05, 4.69) is 42.8 Å². The van der Waals surface area contributed by atoms with Gasteiger partial charge in [-0.1, -0.05) is 30.7 Å². The second kappa shape index (κ2) is 16.2. The summed E-state index contributed by atoms with van der Waals surface area (Å²) in [5, 5.41) is 13.9. The van der Waals surface area contributed by atoms with E-state index >= 15 is 17.6 Å². The highest BCUT2D eigenvalue weighted by molar-refractivity contribution is 6.33. The number of aromatic nitrogens is 5. The van der Waals surface area contributed by atoms with Gasteiger partial charge in [0.1, 0.15) is 16.4 Å². The van der Waals surface area contributed by atoms with Crippen LogP contribution >= 0.6 is 11.6 Å². The molecular weight excluding hydrogens is 856 g/mol. The average molecular weight is 905 g/mol. The van der Waals surface area contributed by atoms with E-state index in [1.165, 1.54) is 34.6 Å². The maximum Gasteiger partial charge on any atom is 0.301 e. The molecule has 1 aliphatic carbocycles. The molecule has 0 radical (unpaired) electrons. The fourth-order valence-corrected chi connectivity index (χ4v) is 10.5. The molecule has 5 aromatic rings. The van der Waals surface area contributed by atoms with E-state index in [1.807, 2.05) is 12.1 Å². The number of likely N-dealkylation sites (tertiary alicyclic amines) is 1. The molecule has 64 heavy (non-hydrogen) atoms. The zero-order valence-electron chi connectivity index (χ0n) is 35.7. The standard InChI is InChI=1S/C45H49ClF4N10O4/c1-22-19-60(15-12-25(22)20-59-13-10-23(11-14-59)26-6-7-27-36(56-58(3)38(27)35(26)48)28-8-9-34(61)53-42(28)62)44-51-18-30(46)41(55-44)52-32-16-29-33(17-31(32)47)57(2)43(63)39-37(29)54-40(24-4-5-24)45(49,50)21-64-39/h6-7,16-18,22-25,28,40,54H,4-5,8-15,19-21H2,1-3H3,(H,51,52,55)(H,53,61,62)/t22-,25-,28?,40-/m0/s1. The largest absolute Gasteiger partial charge is 0.480 e. The van der Waals surface area contributed by atoms with Crippen LogP contribution in [0.4, 0.5) is 40.7 Å². The van der Waals surface area contributed by atoms with E-state index in [0.29, 0.717) is 71.8 Å². The Balaban J connectivity index is 0.794. The molecule has 7 heterocycles. The van der Waals surface area contributed by atoms with Crippen LogP contribution in [0.25, 0.3) is 21.8 Å². The smallest absolute Gasteiger partial charge is 0.301 e. The summed E-state index contributed by atoms with van der Waals surface area (Å²) in [6.07, 6.45) is 5.79. The van der Waals surface area contributed by atoms with Gasteiger partial charge in [0, 0.05) is 57.0 Å². The number of fused-ring (bicyclic) bond motifs is 4. The molecule has 2 aromatic carbocycles. The summed E-state index contributed by atoms with van der Waals surface area (Å²) in [5.74, 6) is -4.70. The third-order valence-electron chi connectivity index (χ3n) is 14.1. The zero-order chi connectivity index (χ0) is 44.8. The van der Waals surface area contributed by atoms with Crippen LogP contribution in [0.5, 0.6) is 5.75 Å². The molecule has 14 nitrogen and oxygen atoms in total. The van der Waals surface area contributed by atoms with Crippen molar-refractivity contribution in [3.63, 3.8) is 0 Å². The molecule has 4 aliphatic heterocycles. The molecule has 0 spiro atoms. The molecule has 3 N–H and O–H groups in total. The van der Waals surface area contributed by atoms with Gasteiger partial charge in [-0.25, -0.2) is 22.5 Å². The van der Waals surface area contributed by atoms with E-state index in [1.54, 1.807) is 7.05 Å². The Bertz CT molecular complexity index is 2770. The first kappa shape index (κ1) is 42.5. The first-order valence-corrected chi connectivity index (χ1v) is 22.4. The number of hydrogen-bond acceptors (Lipinski definition) is 11. The highest BCUT2D eigenvalue weighted by Crippen LogP contribution is 2.46. The van der Waals surface area contributed by atoms with Gasteiger partial charge in [0.25, 0.3) is 5.56 Å². The number of halogens is 5. The van der Waals surface area contributed by atoms with Crippen LogP contribution in [-0.4, -0.2) is 92.3 Å². The third-order valence-corrected chi connectivity index (χ3v) is 14.4. The van der Waals surface area contributed by atoms with Gasteiger partial charge in [-0.05, 0) is 86.9 Å². The maximum atomic E-state index is 16.2. The topological polar surface area (TPSA) is 152 Å². The first-order chi connectivity index (χ1) is 30.6. The lowest BCUT2D eigenvalue weighted by atomic mass is 9.84. The Morgan fingerprint density at radius 3 is 2.52 bits per heavy atom. The van der Waals surface area contributed by atoms with E-state index in [4.69, 9.17) is 21.3 Å². The maximum absolute atomic E-state index is 16.2. The predicted octanol–water partition coefficient (Wildman–Crippen LogP) is 6.97. The van der Waals surface area contributed by atoms with Crippen molar-refractivity contribution in [1.82, 2.24) is 34.5 Å². The number of hydrogen-bond donors (Lipinski definition) is 3. The van der Waals surface area contributed by atoms with E-state index in [0.717, 1.165) is 38.9 Å². The molecule has 338 valence electrons. The van der Waals surface area contributed by atoms with Crippen molar-refractivity contribution in [2.45, 2.75) is 75.7 Å². The van der Waals surface area contributed by atoms with E-state index < -0.39 is 41.8 Å². The van der Waals surface area contributed by atoms with E-state index in [-0.39, 0.29) is 69.4 Å². The van der Waals surface area contributed by atoms with Gasteiger partial charge in [0.05, 0.1) is 40.7 Å². The van der Waals surface area contributed by atoms with Crippen LogP contribution in [0.15, 0.2) is 35.3 Å². The van der Waals surface area contributed by atoms with Crippen LogP contribution in [0, 0.1) is 29.4 Å². The number of nitrogens with one attached hydrogen (secondary N) is 3. The number of piperidine rings is 3. The quantitative estimate of drug-likeness (QED) is 0.109. The van der Waals surface area contributed by atoms with Crippen molar-refractivity contribution in [1.29, 1.82) is 0 Å². The summed E-state index contributed by atoms with van der Waals surface area (Å²) in [6.45, 7) is 5.21. The Morgan fingerprint density at radius 1 is 1.00 bits per heavy atom. The minimum atomic E-state index is -3.22. The number of anilines is 4. The fourth-order valence-electron chi connectivity index (χ4n) is 10.3. The lowest BCUT2D eigenvalue weighted by molar-refractivity contribution is -0.134. The molecule has 3 aromatic heterocycles. The first-order valence-electron chi connectivity index (χ1n) is 22.0. The zero-order valence-corrected chi connectivity index (χ0v) is 36.5. The molecule has 19 heteroatoms. The minimum Gasteiger partial charge on any atom is -0.480 e. The molecular formula is C45H49ClF4N10O4. The minimum absolute atomic E-state index is 0.0179. The second-order valence-electron chi connectivity index (χ2n) is 18.3. The molecule has 4 fully saturated rings. The van der Waals surface area contributed by atoms with Gasteiger partial charge in [-0.3, -0.25) is 24.4 Å². The number of rotatable bonds is 8. The summed E-state index contributed by atoms with van der Waals surface area (Å²) >= 11 is 6.58. The molecule has 4 atom stereocenters. The predicted molar refractivity (Wildman–Crippen MR) is 234 cm³/mol. The van der Waals surface area contributed by atoms with Gasteiger partial charge >= 0.3 is 5.92 Å². The van der Waals surface area contributed by atoms with Crippen LogP contribution < -0.4 is 31.1 Å². The molecule has 10 rings (SSSR count). The molecule has 0 bridgehead atoms. The van der Waals surface area contributed by atoms with Crippen LogP contribution in [-0.2, 0) is 23.7 Å². The molecule has 1 saturated carbocycles. The van der Waals surface area contributed by atoms with Crippen molar-refractivity contribution < 1.29 is 31.9 Å². The highest BCUT2D eigenvalue weighted by atomic mass is 35.5. The van der Waals surface area contributed by atoms with Crippen LogP contribution in [0.3, 0.4) is 0 Å². The van der Waals surface area contributed by atoms with Gasteiger partial charge in [0.15, 0.2) is 18.2 Å². The number of imide groups is 1. The number of aryl methyl sites for hydroxylation is 2. The Kier molecular flexibility index (Phi) is 10.7. The van der Waals surface area contributed by atoms with Crippen LogP contribution in [0.2, 0.25) is 5.02 Å². The van der Waals surface area contributed by atoms with Gasteiger partial charge in [-0.2, -0.15) is 10.1 Å². The number of ether oxygens (including phenoxy) is 1. The molecule has 1 unspecified atom stereocenters. The van der Waals surface area contributed by atoms with Crippen molar-refractivity contribution in [2.24, 2.45) is 31.8 Å². The lowest BCUT2D eigenvalue weighted by Crippen LogP contribution is -2.45. The molecule has 5 aliphatic rings. The monoisotopic (exact) mass is 904 g/mol. The fraction of sp³-hybridized carbons (Fsp3) is 0.511. The number of amides is 2. The Hall–Kier alpha value is -5.49. The molecule has 2 amide bonds. The normalized spacial score (nSPS) is 24.3. The SMILES string of the molecule is C[C@H]1CN(c2ncc(Cl)c(Nc3cc4c5c(c(=O)n(C)c4cc3F)OCC(F)(F)[C@H](C3CC3)N5)n2)CC[C@H]1CN1CCC(c2ccc3c(C4CCC(=O)NC4=O)nn(C)c3c2F)CC1. The number of pyridine rings is 1. The summed E-state index contributed by atoms with van der Waals surface area (Å²) in [6, 6.07) is 5.11. The number of alkyl halides is 2. The molecule has 3 saturated heterocycles. The number of benzene rings is 2. The van der Waals surface area contributed by atoms with Crippen molar-refractivity contribution in [2.75, 3.05) is 54.9 Å². The van der Waals surface area contributed by atoms with Crippen molar-refractivity contribution >= 4 is 68.4 Å². The van der Waals surface area contributed by atoms with Gasteiger partial charge < -0.3 is 29.7 Å². The second-order valence-corrected chi connectivity index (χ2v) is 18.7.